The van der Waals surface area contributed by atoms with E-state index >= 15 is 0 Å². The zero-order chi connectivity index (χ0) is 15.8. The molecule has 0 aliphatic carbocycles. The van der Waals surface area contributed by atoms with Crippen LogP contribution in [-0.4, -0.2) is 12.1 Å². The molecule has 114 valence electrons. The SMILES string of the molecule is COc1cccc2cc(-c3csc(-c4ccoc4)n3)c(=O)oc12. The van der Waals surface area contributed by atoms with Gasteiger partial charge in [0.05, 0.1) is 24.6 Å². The molecular formula is C17H11NO4S. The Kier molecular flexibility index (Phi) is 3.24. The summed E-state index contributed by atoms with van der Waals surface area (Å²) >= 11 is 1.45. The van der Waals surface area contributed by atoms with Gasteiger partial charge in [0, 0.05) is 16.3 Å². The zero-order valence-electron chi connectivity index (χ0n) is 12.1. The van der Waals surface area contributed by atoms with Gasteiger partial charge in [-0.15, -0.1) is 11.3 Å². The van der Waals surface area contributed by atoms with Gasteiger partial charge in [0.2, 0.25) is 0 Å². The van der Waals surface area contributed by atoms with Crippen molar-refractivity contribution in [3.8, 4) is 27.6 Å². The lowest BCUT2D eigenvalue weighted by Gasteiger charge is -2.04. The third-order valence-electron chi connectivity index (χ3n) is 3.49. The topological polar surface area (TPSA) is 65.5 Å². The second-order valence-electron chi connectivity index (χ2n) is 4.88. The Morgan fingerprint density at radius 1 is 1.26 bits per heavy atom. The number of nitrogens with zero attached hydrogens (tertiary/aromatic N) is 1. The first-order valence-corrected chi connectivity index (χ1v) is 7.73. The standard InChI is InChI=1S/C17H11NO4S/c1-20-14-4-2-3-10-7-12(17(19)22-15(10)14)13-9-23-16(18-13)11-5-6-21-8-11/h2-9H,1H3. The molecule has 4 aromatic rings. The number of furan rings is 1. The van der Waals surface area contributed by atoms with Crippen molar-refractivity contribution in [2.75, 3.05) is 7.11 Å². The van der Waals surface area contributed by atoms with Gasteiger partial charge in [-0.05, 0) is 18.2 Å². The number of ether oxygens (including phenoxy) is 1. The van der Waals surface area contributed by atoms with E-state index in [4.69, 9.17) is 13.6 Å². The molecule has 0 amide bonds. The first-order valence-electron chi connectivity index (χ1n) is 6.85. The highest BCUT2D eigenvalue weighted by Gasteiger charge is 2.14. The van der Waals surface area contributed by atoms with Gasteiger partial charge in [0.15, 0.2) is 11.3 Å². The smallest absolute Gasteiger partial charge is 0.345 e. The molecule has 0 saturated carbocycles. The number of benzene rings is 1. The Balaban J connectivity index is 1.86. The van der Waals surface area contributed by atoms with Crippen LogP contribution in [0.4, 0.5) is 0 Å². The van der Waals surface area contributed by atoms with Crippen LogP contribution in [0.1, 0.15) is 0 Å². The minimum Gasteiger partial charge on any atom is -0.493 e. The van der Waals surface area contributed by atoms with Gasteiger partial charge >= 0.3 is 5.63 Å². The number of para-hydroxylation sites is 1. The normalized spacial score (nSPS) is 11.0. The van der Waals surface area contributed by atoms with Crippen LogP contribution in [0.15, 0.2) is 61.9 Å². The molecule has 0 atom stereocenters. The van der Waals surface area contributed by atoms with Gasteiger partial charge in [0.1, 0.15) is 11.3 Å². The number of hydrogen-bond donors (Lipinski definition) is 0. The van der Waals surface area contributed by atoms with Crippen LogP contribution in [0.25, 0.3) is 32.8 Å². The Morgan fingerprint density at radius 3 is 2.96 bits per heavy atom. The molecule has 0 fully saturated rings. The molecule has 0 radical (unpaired) electrons. The van der Waals surface area contributed by atoms with E-state index in [1.165, 1.54) is 11.3 Å². The molecule has 0 spiro atoms. The maximum atomic E-state index is 12.3. The summed E-state index contributed by atoms with van der Waals surface area (Å²) in [6, 6.07) is 9.08. The molecule has 3 heterocycles. The first-order chi connectivity index (χ1) is 11.3. The summed E-state index contributed by atoms with van der Waals surface area (Å²) in [6.07, 6.45) is 3.21. The third kappa shape index (κ3) is 2.33. The van der Waals surface area contributed by atoms with E-state index in [-0.39, 0.29) is 0 Å². The molecule has 0 unspecified atom stereocenters. The summed E-state index contributed by atoms with van der Waals surface area (Å²) in [5.41, 5.74) is 1.90. The molecule has 1 aromatic carbocycles. The van der Waals surface area contributed by atoms with E-state index in [2.05, 4.69) is 4.98 Å². The predicted molar refractivity (Wildman–Crippen MR) is 87.8 cm³/mol. The summed E-state index contributed by atoms with van der Waals surface area (Å²) < 4.78 is 15.7. The van der Waals surface area contributed by atoms with Gasteiger partial charge < -0.3 is 13.6 Å². The minimum atomic E-state index is -0.439. The third-order valence-corrected chi connectivity index (χ3v) is 4.38. The van der Waals surface area contributed by atoms with Crippen LogP contribution in [0.2, 0.25) is 0 Å². The Bertz CT molecular complexity index is 1030. The quantitative estimate of drug-likeness (QED) is 0.529. The fraction of sp³-hybridized carbons (Fsp3) is 0.0588. The van der Waals surface area contributed by atoms with Crippen LogP contribution in [0.5, 0.6) is 5.75 Å². The number of aromatic nitrogens is 1. The molecule has 0 saturated heterocycles. The molecule has 4 rings (SSSR count). The molecule has 0 bridgehead atoms. The Hall–Kier alpha value is -2.86. The fourth-order valence-electron chi connectivity index (χ4n) is 2.37. The molecular weight excluding hydrogens is 314 g/mol. The highest BCUT2D eigenvalue weighted by molar-refractivity contribution is 7.13. The van der Waals surface area contributed by atoms with Crippen LogP contribution in [-0.2, 0) is 0 Å². The van der Waals surface area contributed by atoms with Crippen molar-refractivity contribution in [3.05, 3.63) is 58.7 Å². The Labute approximate surface area is 134 Å². The summed E-state index contributed by atoms with van der Waals surface area (Å²) in [4.78, 5) is 16.8. The van der Waals surface area contributed by atoms with E-state index in [1.807, 2.05) is 23.6 Å². The minimum absolute atomic E-state index is 0.428. The van der Waals surface area contributed by atoms with Crippen molar-refractivity contribution in [1.29, 1.82) is 0 Å². The van der Waals surface area contributed by atoms with Gasteiger partial charge in [-0.25, -0.2) is 9.78 Å². The van der Waals surface area contributed by atoms with Crippen molar-refractivity contribution >= 4 is 22.3 Å². The monoisotopic (exact) mass is 325 g/mol. The van der Waals surface area contributed by atoms with Crippen molar-refractivity contribution in [1.82, 2.24) is 4.98 Å². The number of methoxy groups -OCH3 is 1. The van der Waals surface area contributed by atoms with Crippen LogP contribution in [0, 0.1) is 0 Å². The van der Waals surface area contributed by atoms with Crippen molar-refractivity contribution in [2.45, 2.75) is 0 Å². The van der Waals surface area contributed by atoms with E-state index in [1.54, 1.807) is 31.8 Å². The number of fused-ring (bicyclic) bond motifs is 1. The molecule has 0 aliphatic rings. The highest BCUT2D eigenvalue weighted by atomic mass is 32.1. The maximum absolute atomic E-state index is 12.3. The van der Waals surface area contributed by atoms with Crippen LogP contribution < -0.4 is 10.4 Å². The summed E-state index contributed by atoms with van der Waals surface area (Å²) in [5, 5.41) is 3.41. The zero-order valence-corrected chi connectivity index (χ0v) is 12.9. The Morgan fingerprint density at radius 2 is 2.17 bits per heavy atom. The molecule has 23 heavy (non-hydrogen) atoms. The van der Waals surface area contributed by atoms with Crippen LogP contribution >= 0.6 is 11.3 Å². The average Bonchev–Trinajstić information content (AvgIpc) is 3.24. The van der Waals surface area contributed by atoms with Crippen LogP contribution in [0.3, 0.4) is 0 Å². The van der Waals surface area contributed by atoms with Crippen molar-refractivity contribution in [3.63, 3.8) is 0 Å². The number of thiazole rings is 1. The van der Waals surface area contributed by atoms with Crippen molar-refractivity contribution in [2.24, 2.45) is 0 Å². The lowest BCUT2D eigenvalue weighted by molar-refractivity contribution is 0.407. The lowest BCUT2D eigenvalue weighted by atomic mass is 10.1. The first kappa shape index (κ1) is 13.8. The molecule has 0 N–H and O–H groups in total. The fourth-order valence-corrected chi connectivity index (χ4v) is 3.18. The number of rotatable bonds is 3. The van der Waals surface area contributed by atoms with Gasteiger partial charge in [0.25, 0.3) is 0 Å². The van der Waals surface area contributed by atoms with E-state index in [0.29, 0.717) is 22.6 Å². The lowest BCUT2D eigenvalue weighted by Crippen LogP contribution is -2.03. The van der Waals surface area contributed by atoms with Gasteiger partial charge in [-0.3, -0.25) is 0 Å². The molecule has 6 heteroatoms. The summed E-state index contributed by atoms with van der Waals surface area (Å²) in [7, 11) is 1.54. The maximum Gasteiger partial charge on any atom is 0.345 e. The highest BCUT2D eigenvalue weighted by Crippen LogP contribution is 2.30. The van der Waals surface area contributed by atoms with E-state index < -0.39 is 5.63 Å². The molecule has 5 nitrogen and oxygen atoms in total. The second kappa shape index (κ2) is 5.40. The number of hydrogen-bond acceptors (Lipinski definition) is 6. The summed E-state index contributed by atoms with van der Waals surface area (Å²) in [5.74, 6) is 0.531. The second-order valence-corrected chi connectivity index (χ2v) is 5.73. The predicted octanol–water partition coefficient (Wildman–Crippen LogP) is 4.19. The van der Waals surface area contributed by atoms with Gasteiger partial charge in [-0.2, -0.15) is 0 Å². The average molecular weight is 325 g/mol. The molecule has 3 aromatic heterocycles. The van der Waals surface area contributed by atoms with E-state index in [0.717, 1.165) is 16.0 Å². The van der Waals surface area contributed by atoms with Gasteiger partial charge in [-0.1, -0.05) is 12.1 Å². The largest absolute Gasteiger partial charge is 0.493 e. The van der Waals surface area contributed by atoms with E-state index in [9.17, 15) is 4.79 Å². The van der Waals surface area contributed by atoms with Crippen molar-refractivity contribution < 1.29 is 13.6 Å². The molecule has 0 aliphatic heterocycles. The summed E-state index contributed by atoms with van der Waals surface area (Å²) in [6.45, 7) is 0.